The summed E-state index contributed by atoms with van der Waals surface area (Å²) in [7, 11) is 0. The zero-order valence-electron chi connectivity index (χ0n) is 22.6. The number of hydrogen-bond donors (Lipinski definition) is 1. The zero-order valence-corrected chi connectivity index (χ0v) is 22.6. The third kappa shape index (κ3) is 6.97. The monoisotopic (exact) mass is 550 g/mol. The quantitative estimate of drug-likeness (QED) is 0.466. The number of carbonyl (C=O) groups excluding carboxylic acids is 4. The molecule has 0 aliphatic carbocycles. The maximum absolute atomic E-state index is 12.9. The number of carbonyl (C=O) groups is 4. The smallest absolute Gasteiger partial charge is 0.409 e. The van der Waals surface area contributed by atoms with E-state index in [1.807, 2.05) is 6.92 Å². The summed E-state index contributed by atoms with van der Waals surface area (Å²) in [6, 6.07) is 10.2. The number of unbranched alkanes of at least 4 members (excludes halogenated alkanes) is 1. The minimum atomic E-state index is -0.558. The van der Waals surface area contributed by atoms with E-state index in [4.69, 9.17) is 9.47 Å². The number of rotatable bonds is 9. The van der Waals surface area contributed by atoms with Gasteiger partial charge in [0.1, 0.15) is 17.5 Å². The number of benzene rings is 1. The van der Waals surface area contributed by atoms with Crippen molar-refractivity contribution < 1.29 is 28.7 Å². The highest BCUT2D eigenvalue weighted by atomic mass is 16.6. The van der Waals surface area contributed by atoms with E-state index in [1.54, 1.807) is 34.1 Å². The molecule has 1 N–H and O–H groups in total. The molecule has 2 aromatic rings. The summed E-state index contributed by atoms with van der Waals surface area (Å²) < 4.78 is 11.0. The second-order valence-corrected chi connectivity index (χ2v) is 9.70. The fraction of sp³-hybridized carbons (Fsp3) is 0.500. The van der Waals surface area contributed by atoms with Gasteiger partial charge in [0.15, 0.2) is 6.61 Å². The summed E-state index contributed by atoms with van der Waals surface area (Å²) in [6.07, 6.45) is 2.79. The van der Waals surface area contributed by atoms with Crippen LogP contribution in [0.1, 0.15) is 43.1 Å². The number of pyridine rings is 1. The number of nitrogens with zero attached hydrogens (tertiary/aromatic N) is 5. The molecule has 2 saturated heterocycles. The number of hydrogen-bond acceptors (Lipinski definition) is 8. The molecule has 2 aliphatic rings. The van der Waals surface area contributed by atoms with Gasteiger partial charge in [0, 0.05) is 44.2 Å². The second-order valence-electron chi connectivity index (χ2n) is 9.70. The largest absolute Gasteiger partial charge is 0.483 e. The molecule has 0 radical (unpaired) electrons. The first kappa shape index (κ1) is 28.6. The van der Waals surface area contributed by atoms with Gasteiger partial charge in [0.05, 0.1) is 24.7 Å². The molecule has 4 rings (SSSR count). The number of likely N-dealkylation sites (tertiary alicyclic amines) is 1. The van der Waals surface area contributed by atoms with Gasteiger partial charge in [-0.1, -0.05) is 25.5 Å². The Morgan fingerprint density at radius 3 is 2.58 bits per heavy atom. The zero-order chi connectivity index (χ0) is 28.5. The van der Waals surface area contributed by atoms with Crippen LogP contribution in [-0.2, 0) is 14.3 Å². The molecule has 1 aromatic carbocycles. The van der Waals surface area contributed by atoms with Crippen LogP contribution in [0.3, 0.4) is 0 Å². The van der Waals surface area contributed by atoms with Gasteiger partial charge in [-0.2, -0.15) is 5.26 Å². The minimum absolute atomic E-state index is 0.0460. The highest BCUT2D eigenvalue weighted by Crippen LogP contribution is 2.26. The Morgan fingerprint density at radius 2 is 1.82 bits per heavy atom. The Balaban J connectivity index is 1.33. The first-order valence-electron chi connectivity index (χ1n) is 13.6. The van der Waals surface area contributed by atoms with Crippen LogP contribution in [0, 0.1) is 11.3 Å². The molecule has 0 unspecified atom stereocenters. The van der Waals surface area contributed by atoms with Crippen molar-refractivity contribution in [3.8, 4) is 11.8 Å². The van der Waals surface area contributed by atoms with Gasteiger partial charge in [0.2, 0.25) is 5.91 Å². The molecular formula is C28H34N6O6. The summed E-state index contributed by atoms with van der Waals surface area (Å²) in [5.74, 6) is -0.814. The molecule has 3 heterocycles. The summed E-state index contributed by atoms with van der Waals surface area (Å²) in [5.41, 5.74) is 0.548. The lowest BCUT2D eigenvalue weighted by Gasteiger charge is -2.34. The number of nitriles is 1. The fourth-order valence-electron chi connectivity index (χ4n) is 4.69. The fourth-order valence-corrected chi connectivity index (χ4v) is 4.69. The highest BCUT2D eigenvalue weighted by molar-refractivity contribution is 5.98. The molecule has 1 aromatic heterocycles. The molecule has 12 heteroatoms. The number of fused-ring (bicyclic) bond motifs is 1. The number of aromatic nitrogens is 1. The maximum atomic E-state index is 12.9. The molecule has 0 bridgehead atoms. The van der Waals surface area contributed by atoms with Crippen LogP contribution in [0.15, 0.2) is 30.3 Å². The van der Waals surface area contributed by atoms with Crippen LogP contribution in [0.25, 0.3) is 10.9 Å². The Morgan fingerprint density at radius 1 is 1.07 bits per heavy atom. The SMILES string of the molecule is CCCCOC(=O)N1CCN(C(=O)CNC(=O)c2cc(OCC(=O)N3CCC[C@H]3C#N)c3ccccc3n2)CC1. The van der Waals surface area contributed by atoms with E-state index in [0.717, 1.165) is 19.3 Å². The standard InChI is InChI=1S/C28H34N6O6/c1-2-3-15-39-28(38)33-13-11-32(12-14-33)25(35)18-30-27(37)23-16-24(21-8-4-5-9-22(21)31-23)40-19-26(36)34-10-6-7-20(34)17-29/h4-5,8-9,16,20H,2-3,6-7,10-15,18-19H2,1H3,(H,30,37)/t20-/m0/s1. The molecule has 12 nitrogen and oxygen atoms in total. The third-order valence-electron chi connectivity index (χ3n) is 7.00. The molecule has 4 amide bonds. The van der Waals surface area contributed by atoms with E-state index in [2.05, 4.69) is 16.4 Å². The summed E-state index contributed by atoms with van der Waals surface area (Å²) >= 11 is 0. The lowest BCUT2D eigenvalue weighted by Crippen LogP contribution is -2.52. The number of ether oxygens (including phenoxy) is 2. The predicted octanol–water partition coefficient (Wildman–Crippen LogP) is 1.94. The van der Waals surface area contributed by atoms with Gasteiger partial charge in [-0.05, 0) is 31.4 Å². The van der Waals surface area contributed by atoms with Crippen molar-refractivity contribution in [1.82, 2.24) is 25.0 Å². The van der Waals surface area contributed by atoms with Gasteiger partial charge in [-0.15, -0.1) is 0 Å². The predicted molar refractivity (Wildman–Crippen MR) is 144 cm³/mol. The van der Waals surface area contributed by atoms with Crippen molar-refractivity contribution in [3.63, 3.8) is 0 Å². The van der Waals surface area contributed by atoms with Crippen LogP contribution < -0.4 is 10.1 Å². The summed E-state index contributed by atoms with van der Waals surface area (Å²) in [4.78, 5) is 59.5. The van der Waals surface area contributed by atoms with Crippen LogP contribution in [0.4, 0.5) is 4.79 Å². The average Bonchev–Trinajstić information content (AvgIpc) is 3.47. The van der Waals surface area contributed by atoms with Gasteiger partial charge < -0.3 is 29.5 Å². The van der Waals surface area contributed by atoms with Gasteiger partial charge >= 0.3 is 6.09 Å². The van der Waals surface area contributed by atoms with Crippen molar-refractivity contribution in [2.75, 3.05) is 52.5 Å². The molecule has 0 spiro atoms. The minimum Gasteiger partial charge on any atom is -0.483 e. The van der Waals surface area contributed by atoms with Gasteiger partial charge in [-0.25, -0.2) is 9.78 Å². The summed E-state index contributed by atoms with van der Waals surface area (Å²) in [6.45, 7) is 3.83. The number of piperazine rings is 1. The Kier molecular flexibility index (Phi) is 9.72. The van der Waals surface area contributed by atoms with Crippen molar-refractivity contribution in [2.45, 2.75) is 38.6 Å². The maximum Gasteiger partial charge on any atom is 0.409 e. The number of nitrogens with one attached hydrogen (secondary N) is 1. The van der Waals surface area contributed by atoms with Crippen LogP contribution in [0.2, 0.25) is 0 Å². The topological polar surface area (TPSA) is 145 Å². The summed E-state index contributed by atoms with van der Waals surface area (Å²) in [5, 5.41) is 12.5. The van der Waals surface area contributed by atoms with Crippen LogP contribution in [0.5, 0.6) is 5.75 Å². The lowest BCUT2D eigenvalue weighted by atomic mass is 10.1. The number of para-hydroxylation sites is 1. The molecule has 0 saturated carbocycles. The van der Waals surface area contributed by atoms with Crippen molar-refractivity contribution in [3.05, 3.63) is 36.0 Å². The first-order valence-corrected chi connectivity index (χ1v) is 13.6. The van der Waals surface area contributed by atoms with E-state index < -0.39 is 11.9 Å². The molecule has 1 atom stereocenters. The Bertz CT molecular complexity index is 1290. The average molecular weight is 551 g/mol. The molecule has 212 valence electrons. The van der Waals surface area contributed by atoms with Crippen molar-refractivity contribution in [2.24, 2.45) is 0 Å². The van der Waals surface area contributed by atoms with Gasteiger partial charge in [0.25, 0.3) is 11.8 Å². The van der Waals surface area contributed by atoms with E-state index in [1.165, 1.54) is 11.0 Å². The first-order chi connectivity index (χ1) is 19.4. The Labute approximate surface area is 232 Å². The molecule has 2 aliphatic heterocycles. The van der Waals surface area contributed by atoms with Gasteiger partial charge in [-0.3, -0.25) is 14.4 Å². The third-order valence-corrected chi connectivity index (χ3v) is 7.00. The van der Waals surface area contributed by atoms with Crippen LogP contribution in [-0.4, -0.2) is 102 Å². The normalized spacial score (nSPS) is 16.9. The highest BCUT2D eigenvalue weighted by Gasteiger charge is 2.29. The van der Waals surface area contributed by atoms with Crippen molar-refractivity contribution >= 4 is 34.7 Å². The van der Waals surface area contributed by atoms with E-state index in [0.29, 0.717) is 62.4 Å². The number of amides is 4. The van der Waals surface area contributed by atoms with E-state index in [-0.39, 0.29) is 36.8 Å². The van der Waals surface area contributed by atoms with E-state index in [9.17, 15) is 24.4 Å². The second kappa shape index (κ2) is 13.6. The van der Waals surface area contributed by atoms with Crippen molar-refractivity contribution in [1.29, 1.82) is 5.26 Å². The van der Waals surface area contributed by atoms with Crippen LogP contribution >= 0.6 is 0 Å². The van der Waals surface area contributed by atoms with E-state index >= 15 is 0 Å². The molecule has 2 fully saturated rings. The lowest BCUT2D eigenvalue weighted by molar-refractivity contribution is -0.133. The molecular weight excluding hydrogens is 516 g/mol. The molecule has 40 heavy (non-hydrogen) atoms. The Hall–Kier alpha value is -4.40.